The van der Waals surface area contributed by atoms with E-state index >= 15 is 0 Å². The summed E-state index contributed by atoms with van der Waals surface area (Å²) in [5, 5.41) is 0. The van der Waals surface area contributed by atoms with Gasteiger partial charge in [-0.15, -0.1) is 0 Å². The first-order valence-corrected chi connectivity index (χ1v) is 14.0. The quantitative estimate of drug-likeness (QED) is 0.216. The highest BCUT2D eigenvalue weighted by Gasteiger charge is 2.71. The molecule has 0 heterocycles. The zero-order valence-corrected chi connectivity index (χ0v) is 31.3. The topological polar surface area (TPSA) is 46.2 Å². The first-order valence-electron chi connectivity index (χ1n) is 14.0. The second-order valence-electron chi connectivity index (χ2n) is 10.0. The molecule has 0 aliphatic rings. The highest BCUT2D eigenvalue weighted by molar-refractivity contribution is 4.89. The van der Waals surface area contributed by atoms with Crippen LogP contribution in [0.15, 0.2) is 0 Å². The molecule has 0 spiro atoms. The minimum Gasteiger partial charge on any atom is -0.342 e. The van der Waals surface area contributed by atoms with Crippen molar-refractivity contribution in [2.24, 2.45) is 0 Å². The SMILES string of the molecule is CCC.CCC.COC(C)(F)C(F)(F)F.COC(C)(F)F.COC(F)(C(C)(F)F)C(F)(F)F.COC(F)(F)C(C)(F)F.COC(F)(F)C(F)(F)C(C)(F)F. The Kier molecular flexibility index (Phi) is 31.7. The molecule has 27 heteroatoms. The van der Waals surface area contributed by atoms with E-state index in [2.05, 4.69) is 51.4 Å². The Hall–Kier alpha value is -1.74. The van der Waals surface area contributed by atoms with Crippen LogP contribution in [0.2, 0.25) is 0 Å². The summed E-state index contributed by atoms with van der Waals surface area (Å²) in [6.45, 7) is 9.08. The molecule has 0 aliphatic carbocycles. The fourth-order valence-corrected chi connectivity index (χ4v) is 1.22. The van der Waals surface area contributed by atoms with E-state index in [1.807, 2.05) is 0 Å². The normalized spacial score (nSPS) is 15.1. The third kappa shape index (κ3) is 27.0. The van der Waals surface area contributed by atoms with Crippen LogP contribution in [0.3, 0.4) is 0 Å². The van der Waals surface area contributed by atoms with Crippen molar-refractivity contribution in [1.82, 2.24) is 0 Å². The molecule has 0 bridgehead atoms. The molecule has 0 aromatic carbocycles. The molecule has 2 atom stereocenters. The van der Waals surface area contributed by atoms with Crippen LogP contribution in [-0.4, -0.2) is 102 Å². The molecule has 338 valence electrons. The van der Waals surface area contributed by atoms with Crippen molar-refractivity contribution >= 4 is 0 Å². The van der Waals surface area contributed by atoms with Gasteiger partial charge in [0, 0.05) is 70.2 Å². The maximum atomic E-state index is 12.4. The second kappa shape index (κ2) is 25.5. The molecule has 0 rings (SSSR count). The number of methoxy groups -OCH3 is 5. The van der Waals surface area contributed by atoms with Gasteiger partial charge in [0.05, 0.1) is 0 Å². The molecule has 0 saturated carbocycles. The van der Waals surface area contributed by atoms with Crippen molar-refractivity contribution in [3.05, 3.63) is 0 Å². The summed E-state index contributed by atoms with van der Waals surface area (Å²) in [6.07, 6.45) is -20.7. The Bertz CT molecular complexity index is 859. The van der Waals surface area contributed by atoms with Gasteiger partial charge < -0.3 is 23.7 Å². The van der Waals surface area contributed by atoms with Crippen molar-refractivity contribution in [3.63, 3.8) is 0 Å². The van der Waals surface area contributed by atoms with E-state index in [4.69, 9.17) is 0 Å². The summed E-state index contributed by atoms with van der Waals surface area (Å²) in [6, 6.07) is 0. The molecular formula is C27H46F22O5. The van der Waals surface area contributed by atoms with Crippen LogP contribution < -0.4 is 0 Å². The Morgan fingerprint density at radius 1 is 0.333 bits per heavy atom. The van der Waals surface area contributed by atoms with E-state index in [0.29, 0.717) is 28.1 Å². The lowest BCUT2D eigenvalue weighted by Gasteiger charge is -2.30. The van der Waals surface area contributed by atoms with Gasteiger partial charge in [-0.1, -0.05) is 40.5 Å². The van der Waals surface area contributed by atoms with Gasteiger partial charge in [0.1, 0.15) is 0 Å². The standard InChI is InChI=1S/2C5H6F6O.2C4H6F4O.C3H6F2O.2C3H8/c1-3(6,7)4(8,12-2)5(9,10)11;1-3(6,7)4(8,9)5(10,11)12-2;1-3(5,9-2)4(6,7)8;1-3(5,6)4(7,8)9-2;1-3(4,5)6-2;2*1-3-2/h2*1-2H3;2*1-2H3;1-2H3;2*3H2,1-2H3. The van der Waals surface area contributed by atoms with E-state index in [1.54, 1.807) is 0 Å². The zero-order chi connectivity index (χ0) is 46.4. The van der Waals surface area contributed by atoms with E-state index in [-0.39, 0.29) is 35.0 Å². The van der Waals surface area contributed by atoms with Crippen molar-refractivity contribution in [2.75, 3.05) is 35.5 Å². The number of hydrogen-bond acceptors (Lipinski definition) is 5. The highest BCUT2D eigenvalue weighted by atomic mass is 19.4. The molecule has 0 fully saturated rings. The summed E-state index contributed by atoms with van der Waals surface area (Å²) in [4.78, 5) is 0. The van der Waals surface area contributed by atoms with Gasteiger partial charge in [0.2, 0.25) is 0 Å². The molecule has 0 radical (unpaired) electrons. The molecule has 2 unspecified atom stereocenters. The fraction of sp³-hybridized carbons (Fsp3) is 1.00. The molecule has 0 amide bonds. The largest absolute Gasteiger partial charge is 0.454 e. The minimum atomic E-state index is -5.75. The van der Waals surface area contributed by atoms with Gasteiger partial charge >= 0.3 is 66.1 Å². The van der Waals surface area contributed by atoms with Crippen LogP contribution >= 0.6 is 0 Å². The number of alkyl halides is 22. The van der Waals surface area contributed by atoms with Crippen molar-refractivity contribution in [1.29, 1.82) is 0 Å². The predicted octanol–water partition coefficient (Wildman–Crippen LogP) is 12.9. The lowest BCUT2D eigenvalue weighted by Crippen LogP contribution is -2.55. The van der Waals surface area contributed by atoms with Gasteiger partial charge in [-0.3, -0.25) is 0 Å². The second-order valence-corrected chi connectivity index (χ2v) is 10.0. The molecule has 5 nitrogen and oxygen atoms in total. The van der Waals surface area contributed by atoms with Gasteiger partial charge in [0.25, 0.3) is 0 Å². The first-order chi connectivity index (χ1) is 23.1. The summed E-state index contributed by atoms with van der Waals surface area (Å²) in [5.41, 5.74) is 0. The summed E-state index contributed by atoms with van der Waals surface area (Å²) < 4.78 is 275. The fourth-order valence-electron chi connectivity index (χ4n) is 1.22. The van der Waals surface area contributed by atoms with Crippen molar-refractivity contribution in [3.8, 4) is 0 Å². The van der Waals surface area contributed by atoms with Crippen LogP contribution in [0.1, 0.15) is 75.2 Å². The molecule has 0 aliphatic heterocycles. The monoisotopic (exact) mass is 868 g/mol. The highest BCUT2D eigenvalue weighted by Crippen LogP contribution is 2.46. The van der Waals surface area contributed by atoms with Gasteiger partial charge in [0.15, 0.2) is 0 Å². The smallest absolute Gasteiger partial charge is 0.342 e. The van der Waals surface area contributed by atoms with Gasteiger partial charge in [-0.05, 0) is 0 Å². The lowest BCUT2D eigenvalue weighted by molar-refractivity contribution is -0.388. The molecule has 54 heavy (non-hydrogen) atoms. The molecule has 0 saturated heterocycles. The molecular weight excluding hydrogens is 822 g/mol. The van der Waals surface area contributed by atoms with E-state index in [9.17, 15) is 96.6 Å². The Morgan fingerprint density at radius 2 is 0.593 bits per heavy atom. The maximum Gasteiger partial charge on any atom is 0.454 e. The minimum absolute atomic E-state index is 0.0938. The van der Waals surface area contributed by atoms with Crippen molar-refractivity contribution < 1.29 is 120 Å². The average Bonchev–Trinajstić information content (AvgIpc) is 2.95. The Labute approximate surface area is 297 Å². The van der Waals surface area contributed by atoms with Crippen molar-refractivity contribution in [2.45, 2.75) is 141 Å². The molecule has 0 N–H and O–H groups in total. The number of hydrogen-bond donors (Lipinski definition) is 0. The van der Waals surface area contributed by atoms with Crippen LogP contribution in [0.5, 0.6) is 0 Å². The molecule has 0 aromatic rings. The third-order valence-corrected chi connectivity index (χ3v) is 4.40. The van der Waals surface area contributed by atoms with E-state index in [1.165, 1.54) is 12.8 Å². The first kappa shape index (κ1) is 67.0. The van der Waals surface area contributed by atoms with Crippen LogP contribution in [-0.2, 0) is 23.7 Å². The number of halogens is 22. The van der Waals surface area contributed by atoms with Gasteiger partial charge in [-0.2, -0.15) is 83.4 Å². The van der Waals surface area contributed by atoms with Crippen LogP contribution in [0, 0.1) is 0 Å². The average molecular weight is 869 g/mol. The third-order valence-electron chi connectivity index (χ3n) is 4.40. The summed E-state index contributed by atoms with van der Waals surface area (Å²) in [5.74, 6) is -27.5. The van der Waals surface area contributed by atoms with E-state index < -0.39 is 66.1 Å². The Morgan fingerprint density at radius 3 is 0.611 bits per heavy atom. The number of ether oxygens (including phenoxy) is 5. The zero-order valence-electron chi connectivity index (χ0n) is 31.3. The summed E-state index contributed by atoms with van der Waals surface area (Å²) in [7, 11) is 2.59. The van der Waals surface area contributed by atoms with Gasteiger partial charge in [-0.25, -0.2) is 13.2 Å². The maximum absolute atomic E-state index is 12.4. The number of rotatable bonds is 9. The summed E-state index contributed by atoms with van der Waals surface area (Å²) >= 11 is 0. The predicted molar refractivity (Wildman–Crippen MR) is 150 cm³/mol. The molecule has 0 aromatic heterocycles. The Balaban J connectivity index is -0.0000000998. The van der Waals surface area contributed by atoms with Crippen LogP contribution in [0.4, 0.5) is 96.6 Å². The van der Waals surface area contributed by atoms with E-state index in [0.717, 1.165) is 7.11 Å². The lowest BCUT2D eigenvalue weighted by atomic mass is 10.1. The van der Waals surface area contributed by atoms with Crippen LogP contribution in [0.25, 0.3) is 0 Å².